The highest BCUT2D eigenvalue weighted by Crippen LogP contribution is 1.67. The SMILES string of the molecule is C=C=O.C=CC(=O)OC. The minimum Gasteiger partial charge on any atom is -0.466 e. The van der Waals surface area contributed by atoms with Crippen LogP contribution in [0.15, 0.2) is 19.2 Å². The summed E-state index contributed by atoms with van der Waals surface area (Å²) in [5, 5.41) is 0. The molecule has 0 aliphatic carbocycles. The highest BCUT2D eigenvalue weighted by Gasteiger charge is 1.81. The van der Waals surface area contributed by atoms with Crippen molar-refractivity contribution in [2.45, 2.75) is 0 Å². The van der Waals surface area contributed by atoms with Crippen molar-refractivity contribution in [3.05, 3.63) is 19.2 Å². The molecule has 0 N–H and O–H groups in total. The van der Waals surface area contributed by atoms with Crippen LogP contribution in [0.5, 0.6) is 0 Å². The predicted molar refractivity (Wildman–Crippen MR) is 33.5 cm³/mol. The first-order valence-electron chi connectivity index (χ1n) is 2.07. The number of carbonyl (C=O) groups is 1. The minimum absolute atomic E-state index is 0.394. The zero-order valence-corrected chi connectivity index (χ0v) is 5.22. The van der Waals surface area contributed by atoms with Gasteiger partial charge in [0.25, 0.3) is 0 Å². The highest BCUT2D eigenvalue weighted by molar-refractivity contribution is 5.80. The van der Waals surface area contributed by atoms with Crippen LogP contribution in [0.4, 0.5) is 0 Å². The summed E-state index contributed by atoms with van der Waals surface area (Å²) in [7, 11) is 1.31. The fourth-order valence-electron chi connectivity index (χ4n) is 0.0833. The van der Waals surface area contributed by atoms with Gasteiger partial charge < -0.3 is 4.74 Å². The molecule has 0 heterocycles. The Kier molecular flexibility index (Phi) is 11.6. The standard InChI is InChI=1S/C4H6O2.C2H2O/c1-3-4(5)6-2;1-2-3/h3H,1H2,2H3;1H2. The van der Waals surface area contributed by atoms with E-state index in [1.165, 1.54) is 13.1 Å². The average Bonchev–Trinajstić information content (AvgIpc) is 1.88. The molecule has 0 fully saturated rings. The number of hydrogen-bond acceptors (Lipinski definition) is 3. The fraction of sp³-hybridized carbons (Fsp3) is 0.167. The van der Waals surface area contributed by atoms with E-state index in [2.05, 4.69) is 17.9 Å². The summed E-state index contributed by atoms with van der Waals surface area (Å²) in [6, 6.07) is 0. The van der Waals surface area contributed by atoms with Gasteiger partial charge in [-0.05, 0) is 6.58 Å². The zero-order chi connectivity index (χ0) is 7.70. The van der Waals surface area contributed by atoms with Crippen LogP contribution in [-0.2, 0) is 14.3 Å². The van der Waals surface area contributed by atoms with Crippen molar-refractivity contribution in [1.82, 2.24) is 0 Å². The summed E-state index contributed by atoms with van der Waals surface area (Å²) in [5.41, 5.74) is 0. The Hall–Kier alpha value is -1.34. The predicted octanol–water partition coefficient (Wildman–Crippen LogP) is 0.349. The smallest absolute Gasteiger partial charge is 0.329 e. The summed E-state index contributed by atoms with van der Waals surface area (Å²) >= 11 is 0. The van der Waals surface area contributed by atoms with Crippen LogP contribution >= 0.6 is 0 Å². The van der Waals surface area contributed by atoms with E-state index in [0.29, 0.717) is 0 Å². The minimum atomic E-state index is -0.394. The van der Waals surface area contributed by atoms with Crippen LogP contribution in [0, 0.1) is 0 Å². The van der Waals surface area contributed by atoms with E-state index in [4.69, 9.17) is 4.79 Å². The van der Waals surface area contributed by atoms with Gasteiger partial charge in [0.05, 0.1) is 7.11 Å². The maximum Gasteiger partial charge on any atom is 0.329 e. The van der Waals surface area contributed by atoms with Crippen LogP contribution in [0.25, 0.3) is 0 Å². The number of esters is 1. The third-order valence-corrected chi connectivity index (χ3v) is 0.368. The lowest BCUT2D eigenvalue weighted by Crippen LogP contribution is -1.91. The van der Waals surface area contributed by atoms with Crippen LogP contribution in [0.1, 0.15) is 0 Å². The second-order valence-corrected chi connectivity index (χ2v) is 0.872. The van der Waals surface area contributed by atoms with E-state index in [-0.39, 0.29) is 0 Å². The molecule has 3 nitrogen and oxygen atoms in total. The normalized spacial score (nSPS) is 5.44. The molecule has 0 amide bonds. The largest absolute Gasteiger partial charge is 0.466 e. The Balaban J connectivity index is 0. The van der Waals surface area contributed by atoms with Crippen molar-refractivity contribution in [1.29, 1.82) is 0 Å². The van der Waals surface area contributed by atoms with Gasteiger partial charge in [0.1, 0.15) is 5.94 Å². The maximum absolute atomic E-state index is 9.84. The van der Waals surface area contributed by atoms with E-state index in [0.717, 1.165) is 6.08 Å². The highest BCUT2D eigenvalue weighted by atomic mass is 16.5. The monoisotopic (exact) mass is 128 g/mol. The van der Waals surface area contributed by atoms with Gasteiger partial charge in [-0.15, -0.1) is 0 Å². The van der Waals surface area contributed by atoms with Gasteiger partial charge in [0.2, 0.25) is 0 Å². The average molecular weight is 128 g/mol. The molecule has 0 aliphatic heterocycles. The second kappa shape index (κ2) is 9.83. The van der Waals surface area contributed by atoms with Gasteiger partial charge in [-0.25, -0.2) is 9.59 Å². The van der Waals surface area contributed by atoms with E-state index < -0.39 is 5.97 Å². The molecule has 0 bridgehead atoms. The molecule has 9 heavy (non-hydrogen) atoms. The molecule has 0 aromatic rings. The lowest BCUT2D eigenvalue weighted by atomic mass is 10.7. The van der Waals surface area contributed by atoms with Crippen molar-refractivity contribution in [3.63, 3.8) is 0 Å². The summed E-state index contributed by atoms with van der Waals surface area (Å²) in [6.45, 7) is 5.84. The molecule has 0 unspecified atom stereocenters. The summed E-state index contributed by atoms with van der Waals surface area (Å²) in [4.78, 5) is 18.4. The molecule has 0 aromatic carbocycles. The van der Waals surface area contributed by atoms with Crippen LogP contribution < -0.4 is 0 Å². The van der Waals surface area contributed by atoms with Crippen molar-refractivity contribution in [3.8, 4) is 0 Å². The number of rotatable bonds is 1. The van der Waals surface area contributed by atoms with Gasteiger partial charge in [-0.1, -0.05) is 6.58 Å². The molecule has 0 rings (SSSR count). The third-order valence-electron chi connectivity index (χ3n) is 0.368. The first-order chi connectivity index (χ1) is 4.22. The first-order valence-corrected chi connectivity index (χ1v) is 2.07. The lowest BCUT2D eigenvalue weighted by Gasteiger charge is -1.83. The number of ether oxygens (including phenoxy) is 1. The molecule has 0 aliphatic rings. The Labute approximate surface area is 53.6 Å². The maximum atomic E-state index is 9.84. The molecule has 50 valence electrons. The van der Waals surface area contributed by atoms with Crippen molar-refractivity contribution < 1.29 is 14.3 Å². The van der Waals surface area contributed by atoms with Crippen LogP contribution in [0.2, 0.25) is 0 Å². The van der Waals surface area contributed by atoms with Gasteiger partial charge >= 0.3 is 5.97 Å². The van der Waals surface area contributed by atoms with Crippen molar-refractivity contribution in [2.75, 3.05) is 7.11 Å². The molecular weight excluding hydrogens is 120 g/mol. The third kappa shape index (κ3) is 20.4. The molecule has 0 radical (unpaired) electrons. The fourth-order valence-corrected chi connectivity index (χ4v) is 0.0833. The number of hydrogen-bond donors (Lipinski definition) is 0. The van der Waals surface area contributed by atoms with E-state index >= 15 is 0 Å². The van der Waals surface area contributed by atoms with Gasteiger partial charge in [0, 0.05) is 6.08 Å². The first kappa shape index (κ1) is 10.6. The molecule has 0 saturated heterocycles. The van der Waals surface area contributed by atoms with Crippen LogP contribution in [0.3, 0.4) is 0 Å². The van der Waals surface area contributed by atoms with Crippen LogP contribution in [-0.4, -0.2) is 19.0 Å². The Morgan fingerprint density at radius 3 is 2.11 bits per heavy atom. The molecule has 3 heteroatoms. The zero-order valence-electron chi connectivity index (χ0n) is 5.22. The topological polar surface area (TPSA) is 43.4 Å². The van der Waals surface area contributed by atoms with Crippen molar-refractivity contribution in [2.24, 2.45) is 0 Å². The van der Waals surface area contributed by atoms with Crippen molar-refractivity contribution >= 4 is 11.9 Å². The molecule has 0 saturated carbocycles. The van der Waals surface area contributed by atoms with E-state index in [1.54, 1.807) is 0 Å². The molecule has 0 aromatic heterocycles. The summed E-state index contributed by atoms with van der Waals surface area (Å²) < 4.78 is 4.14. The lowest BCUT2D eigenvalue weighted by molar-refractivity contribution is -0.134. The Bertz CT molecular complexity index is 120. The van der Waals surface area contributed by atoms with E-state index in [1.807, 2.05) is 0 Å². The Morgan fingerprint density at radius 2 is 2.11 bits per heavy atom. The van der Waals surface area contributed by atoms with Gasteiger partial charge in [-0.3, -0.25) is 0 Å². The quantitative estimate of drug-likeness (QED) is 0.291. The van der Waals surface area contributed by atoms with Gasteiger partial charge in [0.15, 0.2) is 0 Å². The Morgan fingerprint density at radius 1 is 1.78 bits per heavy atom. The number of carbonyl (C=O) groups excluding carboxylic acids is 2. The van der Waals surface area contributed by atoms with E-state index in [9.17, 15) is 4.79 Å². The molecular formula is C6H8O3. The second-order valence-electron chi connectivity index (χ2n) is 0.872. The van der Waals surface area contributed by atoms with Gasteiger partial charge in [-0.2, -0.15) is 0 Å². The molecule has 0 spiro atoms. The summed E-state index contributed by atoms with van der Waals surface area (Å²) in [6.07, 6.45) is 1.11. The molecule has 0 atom stereocenters. The summed E-state index contributed by atoms with van der Waals surface area (Å²) in [5.74, 6) is 0.856. The number of methoxy groups -OCH3 is 1.